The molecule has 0 amide bonds. The van der Waals surface area contributed by atoms with Crippen LogP contribution in [-0.2, 0) is 11.2 Å². The lowest BCUT2D eigenvalue weighted by Crippen LogP contribution is -2.36. The maximum atomic E-state index is 12.6. The fourth-order valence-electron chi connectivity index (χ4n) is 5.07. The Kier molecular flexibility index (Phi) is 6.47. The number of benzene rings is 2. The molecule has 8 heteroatoms. The van der Waals surface area contributed by atoms with Crippen LogP contribution < -0.4 is 25.2 Å². The molecule has 0 saturated carbocycles. The number of rotatable bonds is 6. The van der Waals surface area contributed by atoms with Gasteiger partial charge in [0.05, 0.1) is 37.8 Å². The molecule has 38 heavy (non-hydrogen) atoms. The van der Waals surface area contributed by atoms with Crippen LogP contribution in [0.2, 0.25) is 0 Å². The minimum absolute atomic E-state index is 0.00196. The van der Waals surface area contributed by atoms with Gasteiger partial charge in [-0.05, 0) is 48.9 Å². The number of fused-ring (bicyclic) bond motifs is 2. The Hall–Kier alpha value is -4.30. The van der Waals surface area contributed by atoms with Gasteiger partial charge in [-0.3, -0.25) is 4.79 Å². The number of hydrogen-bond acceptors (Lipinski definition) is 7. The summed E-state index contributed by atoms with van der Waals surface area (Å²) in [4.78, 5) is 22.3. The van der Waals surface area contributed by atoms with E-state index in [4.69, 9.17) is 14.2 Å². The predicted molar refractivity (Wildman–Crippen MR) is 148 cm³/mol. The molecule has 2 aromatic carbocycles. The zero-order valence-corrected chi connectivity index (χ0v) is 21.5. The van der Waals surface area contributed by atoms with E-state index >= 15 is 0 Å². The third kappa shape index (κ3) is 4.82. The van der Waals surface area contributed by atoms with Gasteiger partial charge in [0.1, 0.15) is 11.5 Å². The molecule has 6 rings (SSSR count). The minimum Gasteiger partial charge on any atom is -0.481 e. The zero-order valence-electron chi connectivity index (χ0n) is 21.5. The Morgan fingerprint density at radius 1 is 1.03 bits per heavy atom. The Morgan fingerprint density at radius 3 is 2.71 bits per heavy atom. The van der Waals surface area contributed by atoms with Crippen molar-refractivity contribution < 1.29 is 14.2 Å². The van der Waals surface area contributed by atoms with Crippen molar-refractivity contribution in [3.63, 3.8) is 0 Å². The van der Waals surface area contributed by atoms with E-state index in [1.807, 2.05) is 48.5 Å². The minimum atomic E-state index is -0.131. The van der Waals surface area contributed by atoms with Crippen LogP contribution in [0.1, 0.15) is 29.8 Å². The third-order valence-electron chi connectivity index (χ3n) is 7.03. The van der Waals surface area contributed by atoms with Crippen LogP contribution in [0, 0.1) is 0 Å². The molecule has 0 bridgehead atoms. The van der Waals surface area contributed by atoms with Crippen LogP contribution in [0.25, 0.3) is 11.3 Å². The number of H-pyrrole nitrogens is 1. The van der Waals surface area contributed by atoms with Crippen molar-refractivity contribution in [3.8, 4) is 28.6 Å². The summed E-state index contributed by atoms with van der Waals surface area (Å²) in [5, 5.41) is 3.54. The van der Waals surface area contributed by atoms with Crippen molar-refractivity contribution in [2.45, 2.75) is 19.4 Å². The molecule has 0 spiro atoms. The van der Waals surface area contributed by atoms with E-state index in [0.717, 1.165) is 70.5 Å². The summed E-state index contributed by atoms with van der Waals surface area (Å²) in [6.07, 6.45) is 0.729. The second-order valence-electron chi connectivity index (χ2n) is 9.58. The van der Waals surface area contributed by atoms with E-state index in [-0.39, 0.29) is 11.6 Å². The summed E-state index contributed by atoms with van der Waals surface area (Å²) in [6, 6.07) is 21.7. The SMILES string of the molecule is COc1cccc(C(C)Nc2ccc3c(c2)Cc2cccc(-c4cc(N5CCOCC5)cc(=O)[nH]4)c2O3)n1. The van der Waals surface area contributed by atoms with Gasteiger partial charge in [0.2, 0.25) is 11.4 Å². The predicted octanol–water partition coefficient (Wildman–Crippen LogP) is 5.15. The molecule has 2 N–H and O–H groups in total. The van der Waals surface area contributed by atoms with Crippen molar-refractivity contribution in [1.82, 2.24) is 9.97 Å². The van der Waals surface area contributed by atoms with Crippen LogP contribution >= 0.6 is 0 Å². The molecule has 2 aliphatic heterocycles. The molecular formula is C30H30N4O4. The van der Waals surface area contributed by atoms with Gasteiger partial charge in [-0.15, -0.1) is 0 Å². The van der Waals surface area contributed by atoms with Crippen molar-refractivity contribution in [2.24, 2.45) is 0 Å². The number of pyridine rings is 2. The first-order valence-corrected chi connectivity index (χ1v) is 12.8. The van der Waals surface area contributed by atoms with Crippen molar-refractivity contribution >= 4 is 11.4 Å². The molecule has 1 saturated heterocycles. The molecule has 1 fully saturated rings. The molecule has 4 aromatic rings. The zero-order chi connectivity index (χ0) is 26.1. The highest BCUT2D eigenvalue weighted by molar-refractivity contribution is 5.74. The van der Waals surface area contributed by atoms with E-state index in [9.17, 15) is 4.79 Å². The lowest BCUT2D eigenvalue weighted by Gasteiger charge is -2.29. The molecule has 1 atom stereocenters. The van der Waals surface area contributed by atoms with Crippen LogP contribution in [0.3, 0.4) is 0 Å². The summed E-state index contributed by atoms with van der Waals surface area (Å²) in [6.45, 7) is 4.93. The first-order chi connectivity index (χ1) is 18.6. The number of ether oxygens (including phenoxy) is 3. The first-order valence-electron chi connectivity index (χ1n) is 12.8. The van der Waals surface area contributed by atoms with Crippen LogP contribution in [0.4, 0.5) is 11.4 Å². The van der Waals surface area contributed by atoms with E-state index in [2.05, 4.69) is 39.2 Å². The topological polar surface area (TPSA) is 88.7 Å². The normalized spacial score (nSPS) is 15.2. The fourth-order valence-corrected chi connectivity index (χ4v) is 5.07. The van der Waals surface area contributed by atoms with Crippen LogP contribution in [0.5, 0.6) is 17.4 Å². The number of morpholine rings is 1. The second kappa shape index (κ2) is 10.2. The van der Waals surface area contributed by atoms with E-state index < -0.39 is 0 Å². The van der Waals surface area contributed by atoms with Gasteiger partial charge in [0.25, 0.3) is 0 Å². The van der Waals surface area contributed by atoms with Gasteiger partial charge in [0, 0.05) is 54.1 Å². The maximum absolute atomic E-state index is 12.6. The number of aromatic amines is 1. The molecule has 8 nitrogen and oxygen atoms in total. The highest BCUT2D eigenvalue weighted by atomic mass is 16.5. The number of nitrogens with one attached hydrogen (secondary N) is 2. The largest absolute Gasteiger partial charge is 0.481 e. The number of aromatic nitrogens is 2. The summed E-state index contributed by atoms with van der Waals surface area (Å²) in [5.74, 6) is 2.19. The van der Waals surface area contributed by atoms with Gasteiger partial charge in [-0.2, -0.15) is 0 Å². The van der Waals surface area contributed by atoms with Crippen LogP contribution in [-0.4, -0.2) is 43.4 Å². The van der Waals surface area contributed by atoms with Gasteiger partial charge in [-0.25, -0.2) is 4.98 Å². The Balaban J connectivity index is 1.26. The lowest BCUT2D eigenvalue weighted by molar-refractivity contribution is 0.122. The standard InChI is InChI=1S/C30H30N4O4/c1-19(25-7-4-8-29(33-25)36-2)31-22-9-10-27-21(16-22)15-20-5-3-6-24(30(20)38-27)26-17-23(18-28(35)32-26)34-11-13-37-14-12-34/h3-10,16-19,31H,11-15H2,1-2H3,(H,32,35). The summed E-state index contributed by atoms with van der Waals surface area (Å²) < 4.78 is 17.2. The average Bonchev–Trinajstić information content (AvgIpc) is 2.96. The average molecular weight is 511 g/mol. The van der Waals surface area contributed by atoms with E-state index in [1.54, 1.807) is 13.2 Å². The summed E-state index contributed by atoms with van der Waals surface area (Å²) in [7, 11) is 1.62. The fraction of sp³-hybridized carbons (Fsp3) is 0.267. The molecular weight excluding hydrogens is 480 g/mol. The number of nitrogens with zero attached hydrogens (tertiary/aromatic N) is 2. The molecule has 1 unspecified atom stereocenters. The molecule has 0 aliphatic carbocycles. The number of anilines is 2. The van der Waals surface area contributed by atoms with Gasteiger partial charge >= 0.3 is 0 Å². The Bertz CT molecular complexity index is 1530. The quantitative estimate of drug-likeness (QED) is 0.327. The molecule has 194 valence electrons. The molecule has 0 radical (unpaired) electrons. The van der Waals surface area contributed by atoms with Gasteiger partial charge in [-0.1, -0.05) is 18.2 Å². The third-order valence-corrected chi connectivity index (χ3v) is 7.03. The van der Waals surface area contributed by atoms with Crippen molar-refractivity contribution in [1.29, 1.82) is 0 Å². The molecule has 2 aliphatic rings. The molecule has 2 aromatic heterocycles. The second-order valence-corrected chi connectivity index (χ2v) is 9.58. The highest BCUT2D eigenvalue weighted by Crippen LogP contribution is 2.43. The Morgan fingerprint density at radius 2 is 1.87 bits per heavy atom. The van der Waals surface area contributed by atoms with Gasteiger partial charge < -0.3 is 29.4 Å². The first kappa shape index (κ1) is 24.1. The highest BCUT2D eigenvalue weighted by Gasteiger charge is 2.23. The summed E-state index contributed by atoms with van der Waals surface area (Å²) in [5.41, 5.74) is 6.46. The van der Waals surface area contributed by atoms with E-state index in [0.29, 0.717) is 19.1 Å². The monoisotopic (exact) mass is 510 g/mol. The van der Waals surface area contributed by atoms with E-state index in [1.165, 1.54) is 0 Å². The molecule has 4 heterocycles. The lowest BCUT2D eigenvalue weighted by atomic mass is 9.96. The summed E-state index contributed by atoms with van der Waals surface area (Å²) >= 11 is 0. The van der Waals surface area contributed by atoms with Crippen molar-refractivity contribution in [3.05, 3.63) is 93.9 Å². The Labute approximate surface area is 221 Å². The van der Waals surface area contributed by atoms with Crippen LogP contribution in [0.15, 0.2) is 71.5 Å². The maximum Gasteiger partial charge on any atom is 0.250 e. The smallest absolute Gasteiger partial charge is 0.250 e. The van der Waals surface area contributed by atoms with Gasteiger partial charge in [0.15, 0.2) is 0 Å². The number of hydrogen-bond donors (Lipinski definition) is 2. The number of para-hydroxylation sites is 1. The number of methoxy groups -OCH3 is 1. The van der Waals surface area contributed by atoms with Crippen molar-refractivity contribution in [2.75, 3.05) is 43.6 Å².